The molecule has 12 rings (SSSR count). The van der Waals surface area contributed by atoms with Gasteiger partial charge < -0.3 is 4.57 Å². The monoisotopic (exact) mass is 724 g/mol. The molecule has 10 aromatic carbocycles. The summed E-state index contributed by atoms with van der Waals surface area (Å²) < 4.78 is 2.48. The highest BCUT2D eigenvalue weighted by molar-refractivity contribution is 6.39. The van der Waals surface area contributed by atoms with Crippen LogP contribution < -0.4 is 0 Å². The van der Waals surface area contributed by atoms with Gasteiger partial charge in [0.15, 0.2) is 17.5 Å². The average molecular weight is 725 g/mol. The molecule has 0 aliphatic rings. The summed E-state index contributed by atoms with van der Waals surface area (Å²) in [5, 5.41) is 12.5. The van der Waals surface area contributed by atoms with E-state index in [2.05, 4.69) is 162 Å². The van der Waals surface area contributed by atoms with Crippen LogP contribution in [0.5, 0.6) is 0 Å². The van der Waals surface area contributed by atoms with Crippen LogP contribution >= 0.6 is 0 Å². The van der Waals surface area contributed by atoms with Crippen LogP contribution in [0.1, 0.15) is 0 Å². The summed E-state index contributed by atoms with van der Waals surface area (Å²) in [6, 6.07) is 69.1. The number of nitrogens with zero attached hydrogens (tertiary/aromatic N) is 4. The number of rotatable bonds is 5. The smallest absolute Gasteiger partial charge is 0.164 e. The summed E-state index contributed by atoms with van der Waals surface area (Å²) >= 11 is 0. The highest BCUT2D eigenvalue weighted by atomic mass is 15.0. The SMILES string of the molecule is c1ccc(-c2nc(-c3ccccc3)nc(-c3ccc(-c4ccc5c6ccc7ccccc7c6c6cccc7c6c5c4n7-c4ccccc4)c4ccccc34)n2)cc1. The topological polar surface area (TPSA) is 43.6 Å². The van der Waals surface area contributed by atoms with Crippen molar-refractivity contribution in [3.63, 3.8) is 0 Å². The van der Waals surface area contributed by atoms with E-state index in [1.54, 1.807) is 0 Å². The second-order valence-electron chi connectivity index (χ2n) is 14.7. The zero-order chi connectivity index (χ0) is 37.5. The molecule has 4 nitrogen and oxygen atoms in total. The number of benzene rings is 10. The molecule has 12 aromatic rings. The molecule has 57 heavy (non-hydrogen) atoms. The minimum atomic E-state index is 0.646. The van der Waals surface area contributed by atoms with Crippen molar-refractivity contribution in [2.24, 2.45) is 0 Å². The van der Waals surface area contributed by atoms with Crippen LogP contribution in [0, 0.1) is 0 Å². The maximum atomic E-state index is 5.13. The van der Waals surface area contributed by atoms with E-state index in [0.29, 0.717) is 17.5 Å². The second kappa shape index (κ2) is 12.4. The Hall–Kier alpha value is -7.69. The average Bonchev–Trinajstić information content (AvgIpc) is 3.65. The molecule has 4 heteroatoms. The number of hydrogen-bond donors (Lipinski definition) is 0. The number of hydrogen-bond acceptors (Lipinski definition) is 3. The fourth-order valence-corrected chi connectivity index (χ4v) is 9.13. The lowest BCUT2D eigenvalue weighted by Crippen LogP contribution is -2.01. The Labute approximate surface area is 328 Å². The maximum Gasteiger partial charge on any atom is 0.164 e. The number of fused-ring (bicyclic) bond motifs is 6. The van der Waals surface area contributed by atoms with E-state index < -0.39 is 0 Å². The van der Waals surface area contributed by atoms with Crippen molar-refractivity contribution in [3.8, 4) is 51.0 Å². The molecular formula is C53H32N4. The van der Waals surface area contributed by atoms with Crippen molar-refractivity contribution in [1.29, 1.82) is 0 Å². The zero-order valence-electron chi connectivity index (χ0n) is 30.8. The first-order chi connectivity index (χ1) is 28.3. The van der Waals surface area contributed by atoms with Gasteiger partial charge in [0.25, 0.3) is 0 Å². The molecule has 0 radical (unpaired) electrons. The predicted octanol–water partition coefficient (Wildman–Crippen LogP) is 13.7. The number of aromatic nitrogens is 4. The Balaban J connectivity index is 1.16. The molecule has 0 aliphatic carbocycles. The first-order valence-corrected chi connectivity index (χ1v) is 19.4. The number of para-hydroxylation sites is 1. The minimum absolute atomic E-state index is 0.646. The highest BCUT2D eigenvalue weighted by Crippen LogP contribution is 2.49. The van der Waals surface area contributed by atoms with Crippen molar-refractivity contribution < 1.29 is 0 Å². The van der Waals surface area contributed by atoms with Gasteiger partial charge in [-0.15, -0.1) is 0 Å². The van der Waals surface area contributed by atoms with Crippen molar-refractivity contribution in [3.05, 3.63) is 194 Å². The second-order valence-corrected chi connectivity index (χ2v) is 14.7. The molecule has 264 valence electrons. The Morgan fingerprint density at radius 1 is 0.298 bits per heavy atom. The van der Waals surface area contributed by atoms with Crippen LogP contribution in [-0.2, 0) is 0 Å². The van der Waals surface area contributed by atoms with Gasteiger partial charge in [-0.05, 0) is 72.9 Å². The van der Waals surface area contributed by atoms with E-state index in [-0.39, 0.29) is 0 Å². The zero-order valence-corrected chi connectivity index (χ0v) is 30.8. The molecule has 2 heterocycles. The van der Waals surface area contributed by atoms with Crippen LogP contribution in [0.4, 0.5) is 0 Å². The summed E-state index contributed by atoms with van der Waals surface area (Å²) in [6.45, 7) is 0. The minimum Gasteiger partial charge on any atom is -0.309 e. The molecule has 0 aliphatic heterocycles. The third-order valence-corrected chi connectivity index (χ3v) is 11.6. The quantitative estimate of drug-likeness (QED) is 0.166. The third kappa shape index (κ3) is 4.77. The lowest BCUT2D eigenvalue weighted by atomic mass is 9.88. The van der Waals surface area contributed by atoms with E-state index in [1.165, 1.54) is 59.7 Å². The van der Waals surface area contributed by atoms with Gasteiger partial charge in [0.2, 0.25) is 0 Å². The van der Waals surface area contributed by atoms with Crippen LogP contribution in [-0.4, -0.2) is 19.5 Å². The summed E-state index contributed by atoms with van der Waals surface area (Å²) in [5.74, 6) is 1.94. The Morgan fingerprint density at radius 3 is 1.54 bits per heavy atom. The molecule has 0 amide bonds. The van der Waals surface area contributed by atoms with Crippen LogP contribution in [0.3, 0.4) is 0 Å². The fraction of sp³-hybridized carbons (Fsp3) is 0. The van der Waals surface area contributed by atoms with Gasteiger partial charge in [-0.1, -0.05) is 170 Å². The van der Waals surface area contributed by atoms with Crippen LogP contribution in [0.15, 0.2) is 194 Å². The molecule has 0 N–H and O–H groups in total. The predicted molar refractivity (Wildman–Crippen MR) is 237 cm³/mol. The molecule has 0 saturated carbocycles. The Morgan fingerprint density at radius 2 is 0.825 bits per heavy atom. The largest absolute Gasteiger partial charge is 0.309 e. The van der Waals surface area contributed by atoms with E-state index in [0.717, 1.165) is 38.7 Å². The van der Waals surface area contributed by atoms with Gasteiger partial charge in [-0.2, -0.15) is 0 Å². The molecule has 0 atom stereocenters. The van der Waals surface area contributed by atoms with E-state index in [4.69, 9.17) is 15.0 Å². The highest BCUT2D eigenvalue weighted by Gasteiger charge is 2.24. The maximum absolute atomic E-state index is 5.13. The van der Waals surface area contributed by atoms with Crippen molar-refractivity contribution in [1.82, 2.24) is 19.5 Å². The third-order valence-electron chi connectivity index (χ3n) is 11.6. The molecule has 0 spiro atoms. The van der Waals surface area contributed by atoms with E-state index in [9.17, 15) is 0 Å². The summed E-state index contributed by atoms with van der Waals surface area (Å²) in [7, 11) is 0. The lowest BCUT2D eigenvalue weighted by molar-refractivity contribution is 1.08. The van der Waals surface area contributed by atoms with Crippen molar-refractivity contribution in [2.45, 2.75) is 0 Å². The molecule has 2 aromatic heterocycles. The Kier molecular flexibility index (Phi) is 6.89. The molecular weight excluding hydrogens is 693 g/mol. The first-order valence-electron chi connectivity index (χ1n) is 19.4. The van der Waals surface area contributed by atoms with E-state index >= 15 is 0 Å². The van der Waals surface area contributed by atoms with Crippen LogP contribution in [0.2, 0.25) is 0 Å². The fourth-order valence-electron chi connectivity index (χ4n) is 9.13. The molecule has 0 bridgehead atoms. The normalized spacial score (nSPS) is 11.9. The van der Waals surface area contributed by atoms with Crippen molar-refractivity contribution >= 4 is 64.9 Å². The van der Waals surface area contributed by atoms with Crippen molar-refractivity contribution in [2.75, 3.05) is 0 Å². The standard InChI is InChI=1S/C53H32N4/c1-4-16-34(17-5-1)51-54-52(35-18-6-2-7-19-35)56-53(55-51)44-32-29-40(38-23-12-13-24-39(38)44)43-31-30-42-41-28-27-33-15-10-11-22-37(33)47(41)45-25-14-26-46-48(45)49(42)50(43)57(46)36-20-8-3-9-21-36/h1-32H. The summed E-state index contributed by atoms with van der Waals surface area (Å²) in [6.07, 6.45) is 0. The summed E-state index contributed by atoms with van der Waals surface area (Å²) in [5.41, 5.74) is 8.75. The van der Waals surface area contributed by atoms with Gasteiger partial charge in [0.05, 0.1) is 11.0 Å². The summed E-state index contributed by atoms with van der Waals surface area (Å²) in [4.78, 5) is 15.2. The van der Waals surface area contributed by atoms with Gasteiger partial charge in [-0.3, -0.25) is 0 Å². The van der Waals surface area contributed by atoms with Gasteiger partial charge >= 0.3 is 0 Å². The van der Waals surface area contributed by atoms with Gasteiger partial charge in [0.1, 0.15) is 0 Å². The lowest BCUT2D eigenvalue weighted by Gasteiger charge is -2.16. The van der Waals surface area contributed by atoms with E-state index in [1.807, 2.05) is 36.4 Å². The van der Waals surface area contributed by atoms with Crippen LogP contribution in [0.25, 0.3) is 116 Å². The first kappa shape index (κ1) is 31.6. The van der Waals surface area contributed by atoms with Gasteiger partial charge in [0, 0.05) is 38.7 Å². The van der Waals surface area contributed by atoms with Gasteiger partial charge in [-0.25, -0.2) is 15.0 Å². The molecule has 0 unspecified atom stereocenters. The molecule has 0 fully saturated rings. The molecule has 0 saturated heterocycles. The Bertz CT molecular complexity index is 3440.